The molecule has 0 unspecified atom stereocenters. The summed E-state index contributed by atoms with van der Waals surface area (Å²) in [5.41, 5.74) is 1.78. The Bertz CT molecular complexity index is 920. The molecular weight excluding hydrogens is 376 g/mol. The lowest BCUT2D eigenvalue weighted by molar-refractivity contribution is -0.118. The molecule has 2 aromatic rings. The van der Waals surface area contributed by atoms with Crippen LogP contribution in [-0.4, -0.2) is 34.5 Å². The van der Waals surface area contributed by atoms with Crippen LogP contribution in [0.2, 0.25) is 0 Å². The molecule has 1 aliphatic heterocycles. The highest BCUT2D eigenvalue weighted by molar-refractivity contribution is 8.15. The maximum Gasteiger partial charge on any atom is 0.240 e. The minimum absolute atomic E-state index is 0.0180. The van der Waals surface area contributed by atoms with Crippen LogP contribution < -0.4 is 10.1 Å². The van der Waals surface area contributed by atoms with Gasteiger partial charge in [0.05, 0.1) is 17.5 Å². The maximum absolute atomic E-state index is 12.5. The highest BCUT2D eigenvalue weighted by Crippen LogP contribution is 2.27. The Morgan fingerprint density at radius 2 is 1.71 bits per heavy atom. The van der Waals surface area contributed by atoms with E-state index < -0.39 is 5.25 Å². The van der Waals surface area contributed by atoms with E-state index in [1.54, 1.807) is 48.5 Å². The van der Waals surface area contributed by atoms with Crippen LogP contribution in [0.5, 0.6) is 5.75 Å². The minimum Gasteiger partial charge on any atom is -0.494 e. The Balaban J connectivity index is 1.63. The first-order valence-electron chi connectivity index (χ1n) is 8.89. The quantitative estimate of drug-likeness (QED) is 0.720. The van der Waals surface area contributed by atoms with Crippen molar-refractivity contribution in [1.82, 2.24) is 5.32 Å². The molecule has 6 nitrogen and oxygen atoms in total. The summed E-state index contributed by atoms with van der Waals surface area (Å²) in [5.74, 6) is 0.346. The number of benzene rings is 2. The first kappa shape index (κ1) is 19.8. The van der Waals surface area contributed by atoms with Gasteiger partial charge in [-0.3, -0.25) is 14.4 Å². The first-order valence-corrected chi connectivity index (χ1v) is 9.77. The lowest BCUT2D eigenvalue weighted by Crippen LogP contribution is -2.26. The van der Waals surface area contributed by atoms with E-state index in [4.69, 9.17) is 4.74 Å². The van der Waals surface area contributed by atoms with Crippen LogP contribution in [0.4, 0.5) is 5.69 Å². The van der Waals surface area contributed by atoms with Gasteiger partial charge in [-0.05, 0) is 62.4 Å². The van der Waals surface area contributed by atoms with Gasteiger partial charge in [0, 0.05) is 17.5 Å². The predicted octanol–water partition coefficient (Wildman–Crippen LogP) is 3.78. The minimum atomic E-state index is -0.519. The molecule has 0 bridgehead atoms. The molecule has 1 heterocycles. The SMILES string of the molecule is CCOc1ccc(C(=O)C[C@@H]2SC(=Nc3ccc(C(C)=O)cc3)NC2=O)cc1. The van der Waals surface area contributed by atoms with Gasteiger partial charge < -0.3 is 10.1 Å². The Morgan fingerprint density at radius 1 is 1.07 bits per heavy atom. The van der Waals surface area contributed by atoms with Crippen molar-refractivity contribution in [2.75, 3.05) is 6.61 Å². The summed E-state index contributed by atoms with van der Waals surface area (Å²) < 4.78 is 5.37. The van der Waals surface area contributed by atoms with Gasteiger partial charge in [0.2, 0.25) is 5.91 Å². The van der Waals surface area contributed by atoms with Gasteiger partial charge in [0.25, 0.3) is 0 Å². The fourth-order valence-corrected chi connectivity index (χ4v) is 3.66. The van der Waals surface area contributed by atoms with E-state index in [0.717, 1.165) is 0 Å². The van der Waals surface area contributed by atoms with Crippen LogP contribution in [0.3, 0.4) is 0 Å². The average molecular weight is 396 g/mol. The van der Waals surface area contributed by atoms with Crippen molar-refractivity contribution in [1.29, 1.82) is 0 Å². The summed E-state index contributed by atoms with van der Waals surface area (Å²) in [6.07, 6.45) is 0.0901. The lowest BCUT2D eigenvalue weighted by Gasteiger charge is -2.06. The molecular formula is C21H20N2O4S. The molecule has 1 saturated heterocycles. The smallest absolute Gasteiger partial charge is 0.240 e. The van der Waals surface area contributed by atoms with Crippen molar-refractivity contribution in [3.63, 3.8) is 0 Å². The molecule has 7 heteroatoms. The summed E-state index contributed by atoms with van der Waals surface area (Å²) in [6.45, 7) is 3.96. The van der Waals surface area contributed by atoms with E-state index >= 15 is 0 Å². The van der Waals surface area contributed by atoms with E-state index in [2.05, 4.69) is 10.3 Å². The number of amides is 1. The van der Waals surface area contributed by atoms with Crippen LogP contribution in [0.25, 0.3) is 0 Å². The highest BCUT2D eigenvalue weighted by atomic mass is 32.2. The average Bonchev–Trinajstić information content (AvgIpc) is 3.01. The van der Waals surface area contributed by atoms with Crippen molar-refractivity contribution < 1.29 is 19.1 Å². The summed E-state index contributed by atoms with van der Waals surface area (Å²) in [7, 11) is 0. The molecule has 0 spiro atoms. The van der Waals surface area contributed by atoms with Gasteiger partial charge in [0.15, 0.2) is 16.7 Å². The van der Waals surface area contributed by atoms with Crippen molar-refractivity contribution in [2.45, 2.75) is 25.5 Å². The summed E-state index contributed by atoms with van der Waals surface area (Å²) >= 11 is 1.24. The number of aliphatic imine (C=N–C) groups is 1. The van der Waals surface area contributed by atoms with Crippen molar-refractivity contribution in [2.24, 2.45) is 4.99 Å². The number of amidine groups is 1. The second-order valence-electron chi connectivity index (χ2n) is 6.20. The number of carbonyl (C=O) groups is 3. The molecule has 0 aliphatic carbocycles. The Morgan fingerprint density at radius 3 is 2.32 bits per heavy atom. The molecule has 1 atom stereocenters. The summed E-state index contributed by atoms with van der Waals surface area (Å²) in [5, 5.41) is 2.64. The fraction of sp³-hybridized carbons (Fsp3) is 0.238. The molecule has 28 heavy (non-hydrogen) atoms. The second kappa shape index (κ2) is 8.84. The van der Waals surface area contributed by atoms with E-state index in [0.29, 0.717) is 34.3 Å². The number of ether oxygens (including phenoxy) is 1. The van der Waals surface area contributed by atoms with E-state index in [1.807, 2.05) is 6.92 Å². The number of carbonyl (C=O) groups excluding carboxylic acids is 3. The van der Waals surface area contributed by atoms with Gasteiger partial charge in [-0.1, -0.05) is 11.8 Å². The third-order valence-electron chi connectivity index (χ3n) is 4.14. The molecule has 1 amide bonds. The van der Waals surface area contributed by atoms with E-state index in [-0.39, 0.29) is 23.9 Å². The predicted molar refractivity (Wildman–Crippen MR) is 110 cm³/mol. The standard InChI is InChI=1S/C21H20N2O4S/c1-3-27-17-10-6-15(7-11-17)18(25)12-19-20(26)23-21(28-19)22-16-8-4-14(5-9-16)13(2)24/h4-11,19H,3,12H2,1-2H3,(H,22,23,26)/t19-/m0/s1. The van der Waals surface area contributed by atoms with E-state index in [1.165, 1.54) is 18.7 Å². The molecule has 144 valence electrons. The number of hydrogen-bond donors (Lipinski definition) is 1. The number of hydrogen-bond acceptors (Lipinski definition) is 6. The molecule has 0 aromatic heterocycles. The number of nitrogens with one attached hydrogen (secondary N) is 1. The Hall–Kier alpha value is -2.93. The second-order valence-corrected chi connectivity index (χ2v) is 7.39. The van der Waals surface area contributed by atoms with Gasteiger partial charge in [-0.25, -0.2) is 4.99 Å². The van der Waals surface area contributed by atoms with Gasteiger partial charge in [-0.15, -0.1) is 0 Å². The third kappa shape index (κ3) is 4.86. The largest absolute Gasteiger partial charge is 0.494 e. The highest BCUT2D eigenvalue weighted by Gasteiger charge is 2.32. The number of thioether (sulfide) groups is 1. The van der Waals surface area contributed by atoms with Crippen LogP contribution in [0, 0.1) is 0 Å². The maximum atomic E-state index is 12.5. The fourth-order valence-electron chi connectivity index (χ4n) is 2.67. The summed E-state index contributed by atoms with van der Waals surface area (Å²) in [4.78, 5) is 40.4. The monoisotopic (exact) mass is 396 g/mol. The zero-order chi connectivity index (χ0) is 20.1. The van der Waals surface area contributed by atoms with Crippen molar-refractivity contribution >= 4 is 40.1 Å². The summed E-state index contributed by atoms with van der Waals surface area (Å²) in [6, 6.07) is 13.7. The van der Waals surface area contributed by atoms with Crippen molar-refractivity contribution in [3.05, 3.63) is 59.7 Å². The van der Waals surface area contributed by atoms with Crippen LogP contribution in [0.15, 0.2) is 53.5 Å². The Kier molecular flexibility index (Phi) is 6.26. The molecule has 0 saturated carbocycles. The van der Waals surface area contributed by atoms with Crippen LogP contribution in [-0.2, 0) is 4.79 Å². The molecule has 0 radical (unpaired) electrons. The number of Topliss-reactive ketones (excluding diaryl/α,β-unsaturated/α-hetero) is 2. The topological polar surface area (TPSA) is 84.8 Å². The van der Waals surface area contributed by atoms with Crippen molar-refractivity contribution in [3.8, 4) is 5.75 Å². The molecule has 2 aromatic carbocycles. The van der Waals surface area contributed by atoms with E-state index in [9.17, 15) is 14.4 Å². The third-order valence-corrected chi connectivity index (χ3v) is 5.22. The van der Waals surface area contributed by atoms with Crippen LogP contribution in [0.1, 0.15) is 41.0 Å². The lowest BCUT2D eigenvalue weighted by atomic mass is 10.1. The molecule has 1 N–H and O–H groups in total. The molecule has 1 aliphatic rings. The number of ketones is 2. The number of rotatable bonds is 7. The number of nitrogens with zero attached hydrogens (tertiary/aromatic N) is 1. The van der Waals surface area contributed by atoms with Gasteiger partial charge in [0.1, 0.15) is 5.75 Å². The Labute approximate surface area is 167 Å². The zero-order valence-corrected chi connectivity index (χ0v) is 16.4. The van der Waals surface area contributed by atoms with Gasteiger partial charge in [-0.2, -0.15) is 0 Å². The van der Waals surface area contributed by atoms with Crippen LogP contribution >= 0.6 is 11.8 Å². The molecule has 1 fully saturated rings. The van der Waals surface area contributed by atoms with Gasteiger partial charge >= 0.3 is 0 Å². The zero-order valence-electron chi connectivity index (χ0n) is 15.6. The molecule has 3 rings (SSSR count). The normalized spacial score (nSPS) is 17.4. The first-order chi connectivity index (χ1) is 13.5.